The number of nitrogen functional groups attached to an aromatic ring is 1. The first-order valence-corrected chi connectivity index (χ1v) is 7.31. The molecule has 22 heavy (non-hydrogen) atoms. The molecule has 0 amide bonds. The normalized spacial score (nSPS) is 10.6. The van der Waals surface area contributed by atoms with E-state index in [1.54, 1.807) is 0 Å². The quantitative estimate of drug-likeness (QED) is 0.737. The van der Waals surface area contributed by atoms with E-state index in [1.807, 2.05) is 50.5 Å². The second-order valence-electron chi connectivity index (χ2n) is 5.55. The van der Waals surface area contributed by atoms with Gasteiger partial charge in [-0.1, -0.05) is 36.4 Å². The highest BCUT2D eigenvalue weighted by molar-refractivity contribution is 5.96. The maximum absolute atomic E-state index is 6.02. The molecule has 0 heterocycles. The molecule has 3 heteroatoms. The van der Waals surface area contributed by atoms with Crippen LogP contribution >= 0.6 is 0 Å². The summed E-state index contributed by atoms with van der Waals surface area (Å²) in [5.74, 6) is 0.861. The predicted octanol–water partition coefficient (Wildman–Crippen LogP) is 4.07. The fraction of sp³-hybridized carbons (Fsp3) is 0.158. The molecule has 0 unspecified atom stereocenters. The molecule has 0 aliphatic heterocycles. The van der Waals surface area contributed by atoms with Gasteiger partial charge in [0.2, 0.25) is 0 Å². The fourth-order valence-corrected chi connectivity index (χ4v) is 2.52. The molecule has 3 nitrogen and oxygen atoms in total. The summed E-state index contributed by atoms with van der Waals surface area (Å²) in [5.41, 5.74) is 9.12. The molecule has 0 atom stereocenters. The monoisotopic (exact) mass is 292 g/mol. The van der Waals surface area contributed by atoms with Crippen molar-refractivity contribution in [3.8, 4) is 5.75 Å². The molecule has 112 valence electrons. The molecular weight excluding hydrogens is 272 g/mol. The van der Waals surface area contributed by atoms with Gasteiger partial charge in [0.15, 0.2) is 0 Å². The molecule has 0 aliphatic carbocycles. The largest absolute Gasteiger partial charge is 0.488 e. The SMILES string of the molecule is CN(C)c1cccc(COc2cccc3c(N)cccc23)c1. The summed E-state index contributed by atoms with van der Waals surface area (Å²) in [4.78, 5) is 2.09. The van der Waals surface area contributed by atoms with Crippen LogP contribution in [-0.4, -0.2) is 14.1 Å². The zero-order valence-corrected chi connectivity index (χ0v) is 12.9. The number of rotatable bonds is 4. The number of ether oxygens (including phenoxy) is 1. The van der Waals surface area contributed by atoms with Crippen molar-refractivity contribution >= 4 is 22.1 Å². The van der Waals surface area contributed by atoms with Gasteiger partial charge in [-0.2, -0.15) is 0 Å². The Morgan fingerprint density at radius 1 is 0.909 bits per heavy atom. The summed E-state index contributed by atoms with van der Waals surface area (Å²) in [7, 11) is 4.07. The van der Waals surface area contributed by atoms with E-state index >= 15 is 0 Å². The van der Waals surface area contributed by atoms with Gasteiger partial charge in [-0.3, -0.25) is 0 Å². The van der Waals surface area contributed by atoms with E-state index < -0.39 is 0 Å². The van der Waals surface area contributed by atoms with Gasteiger partial charge in [0.25, 0.3) is 0 Å². The third kappa shape index (κ3) is 2.84. The molecule has 0 spiro atoms. The van der Waals surface area contributed by atoms with E-state index in [4.69, 9.17) is 10.5 Å². The fourth-order valence-electron chi connectivity index (χ4n) is 2.52. The summed E-state index contributed by atoms with van der Waals surface area (Å²) >= 11 is 0. The van der Waals surface area contributed by atoms with Crippen molar-refractivity contribution in [1.29, 1.82) is 0 Å². The van der Waals surface area contributed by atoms with E-state index in [0.717, 1.165) is 27.8 Å². The van der Waals surface area contributed by atoms with Gasteiger partial charge < -0.3 is 15.4 Å². The molecule has 2 N–H and O–H groups in total. The second kappa shape index (κ2) is 5.98. The van der Waals surface area contributed by atoms with Crippen LogP contribution in [0.25, 0.3) is 10.8 Å². The van der Waals surface area contributed by atoms with Crippen LogP contribution in [0.15, 0.2) is 60.7 Å². The maximum Gasteiger partial charge on any atom is 0.127 e. The predicted molar refractivity (Wildman–Crippen MR) is 93.5 cm³/mol. The number of hydrogen-bond donors (Lipinski definition) is 1. The van der Waals surface area contributed by atoms with Crippen LogP contribution in [-0.2, 0) is 6.61 Å². The van der Waals surface area contributed by atoms with Crippen molar-refractivity contribution in [3.63, 3.8) is 0 Å². The molecule has 0 saturated carbocycles. The minimum absolute atomic E-state index is 0.537. The number of benzene rings is 3. The van der Waals surface area contributed by atoms with Crippen LogP contribution in [0.3, 0.4) is 0 Å². The molecular formula is C19H20N2O. The van der Waals surface area contributed by atoms with Crippen molar-refractivity contribution < 1.29 is 4.74 Å². The molecule has 0 radical (unpaired) electrons. The van der Waals surface area contributed by atoms with Crippen LogP contribution in [0.5, 0.6) is 5.75 Å². The number of hydrogen-bond acceptors (Lipinski definition) is 3. The first kappa shape index (κ1) is 14.3. The van der Waals surface area contributed by atoms with Crippen molar-refractivity contribution in [2.75, 3.05) is 24.7 Å². The highest BCUT2D eigenvalue weighted by atomic mass is 16.5. The highest BCUT2D eigenvalue weighted by Crippen LogP contribution is 2.29. The first-order valence-electron chi connectivity index (χ1n) is 7.31. The van der Waals surface area contributed by atoms with Crippen LogP contribution < -0.4 is 15.4 Å². The van der Waals surface area contributed by atoms with Gasteiger partial charge >= 0.3 is 0 Å². The second-order valence-corrected chi connectivity index (χ2v) is 5.55. The van der Waals surface area contributed by atoms with Crippen LogP contribution in [0.2, 0.25) is 0 Å². The van der Waals surface area contributed by atoms with E-state index in [0.29, 0.717) is 6.61 Å². The third-order valence-electron chi connectivity index (χ3n) is 3.74. The lowest BCUT2D eigenvalue weighted by Gasteiger charge is -2.14. The van der Waals surface area contributed by atoms with Crippen molar-refractivity contribution in [1.82, 2.24) is 0 Å². The minimum Gasteiger partial charge on any atom is -0.488 e. The van der Waals surface area contributed by atoms with Gasteiger partial charge in [-0.05, 0) is 29.8 Å². The Labute approximate surface area is 130 Å². The Morgan fingerprint density at radius 3 is 2.45 bits per heavy atom. The molecule has 0 aliphatic rings. The maximum atomic E-state index is 6.02. The van der Waals surface area contributed by atoms with Gasteiger partial charge in [-0.25, -0.2) is 0 Å². The van der Waals surface area contributed by atoms with Crippen LogP contribution in [0.4, 0.5) is 11.4 Å². The average Bonchev–Trinajstić information content (AvgIpc) is 2.53. The van der Waals surface area contributed by atoms with Gasteiger partial charge in [0.05, 0.1) is 0 Å². The molecule has 3 aromatic rings. The lowest BCUT2D eigenvalue weighted by molar-refractivity contribution is 0.310. The Kier molecular flexibility index (Phi) is 3.88. The summed E-state index contributed by atoms with van der Waals surface area (Å²) in [6.07, 6.45) is 0. The summed E-state index contributed by atoms with van der Waals surface area (Å²) < 4.78 is 6.02. The zero-order chi connectivity index (χ0) is 15.5. The molecule has 0 aromatic heterocycles. The zero-order valence-electron chi connectivity index (χ0n) is 12.9. The first-order chi connectivity index (χ1) is 10.6. The van der Waals surface area contributed by atoms with Crippen molar-refractivity contribution in [2.24, 2.45) is 0 Å². The summed E-state index contributed by atoms with van der Waals surface area (Å²) in [6.45, 7) is 0.537. The summed E-state index contributed by atoms with van der Waals surface area (Å²) in [6, 6.07) is 20.2. The van der Waals surface area contributed by atoms with Gasteiger partial charge in [0, 0.05) is 36.2 Å². The molecule has 0 bridgehead atoms. The van der Waals surface area contributed by atoms with Crippen molar-refractivity contribution in [3.05, 3.63) is 66.2 Å². The van der Waals surface area contributed by atoms with Gasteiger partial charge in [0.1, 0.15) is 12.4 Å². The highest BCUT2D eigenvalue weighted by Gasteiger charge is 2.05. The number of nitrogens with two attached hydrogens (primary N) is 1. The van der Waals surface area contributed by atoms with E-state index in [2.05, 4.69) is 29.2 Å². The smallest absolute Gasteiger partial charge is 0.127 e. The van der Waals surface area contributed by atoms with Crippen LogP contribution in [0.1, 0.15) is 5.56 Å². The van der Waals surface area contributed by atoms with Crippen molar-refractivity contribution in [2.45, 2.75) is 6.61 Å². The number of fused-ring (bicyclic) bond motifs is 1. The topological polar surface area (TPSA) is 38.5 Å². The number of anilines is 2. The summed E-state index contributed by atoms with van der Waals surface area (Å²) in [5, 5.41) is 2.08. The standard InChI is InChI=1S/C19H20N2O/c1-21(2)15-7-3-6-14(12-15)13-22-19-11-5-8-16-17(19)9-4-10-18(16)20/h3-12H,13,20H2,1-2H3. The van der Waals surface area contributed by atoms with Gasteiger partial charge in [-0.15, -0.1) is 0 Å². The van der Waals surface area contributed by atoms with E-state index in [9.17, 15) is 0 Å². The molecule has 0 saturated heterocycles. The lowest BCUT2D eigenvalue weighted by atomic mass is 10.1. The van der Waals surface area contributed by atoms with Crippen LogP contribution in [0, 0.1) is 0 Å². The Bertz CT molecular complexity index is 796. The third-order valence-corrected chi connectivity index (χ3v) is 3.74. The Morgan fingerprint density at radius 2 is 1.64 bits per heavy atom. The Hall–Kier alpha value is -2.68. The van der Waals surface area contributed by atoms with E-state index in [-0.39, 0.29) is 0 Å². The molecule has 0 fully saturated rings. The molecule has 3 aromatic carbocycles. The number of nitrogens with zero attached hydrogens (tertiary/aromatic N) is 1. The average molecular weight is 292 g/mol. The minimum atomic E-state index is 0.537. The molecule has 3 rings (SSSR count). The van der Waals surface area contributed by atoms with E-state index in [1.165, 1.54) is 5.69 Å². The Balaban J connectivity index is 1.85. The lowest BCUT2D eigenvalue weighted by Crippen LogP contribution is -2.09.